The van der Waals surface area contributed by atoms with Crippen LogP contribution >= 0.6 is 0 Å². The predicted octanol–water partition coefficient (Wildman–Crippen LogP) is 2.74. The van der Waals surface area contributed by atoms with Gasteiger partial charge in [0.1, 0.15) is 5.82 Å². The Labute approximate surface area is 145 Å². The molecule has 2 aromatic rings. The lowest BCUT2D eigenvalue weighted by Crippen LogP contribution is -2.23. The number of aryl methyl sites for hydroxylation is 2. The van der Waals surface area contributed by atoms with Gasteiger partial charge in [-0.3, -0.25) is 4.68 Å². The first-order valence-corrected chi connectivity index (χ1v) is 8.49. The van der Waals surface area contributed by atoms with Gasteiger partial charge in [0.25, 0.3) is 0 Å². The van der Waals surface area contributed by atoms with Gasteiger partial charge in [-0.2, -0.15) is 5.10 Å². The van der Waals surface area contributed by atoms with Crippen LogP contribution in [0.5, 0.6) is 0 Å². The van der Waals surface area contributed by atoms with Crippen LogP contribution in [0.3, 0.4) is 0 Å². The average molecular weight is 330 g/mol. The van der Waals surface area contributed by atoms with Gasteiger partial charge in [-0.05, 0) is 18.4 Å². The fraction of sp³-hybridized carbons (Fsp3) is 0.526. The van der Waals surface area contributed by atoms with Gasteiger partial charge in [0.15, 0.2) is 0 Å². The van der Waals surface area contributed by atoms with Crippen LogP contribution < -0.4 is 10.2 Å². The van der Waals surface area contributed by atoms with Gasteiger partial charge in [-0.15, -0.1) is 0 Å². The monoisotopic (exact) mass is 330 g/mol. The number of aliphatic hydroxyl groups is 1. The first-order valence-electron chi connectivity index (χ1n) is 8.49. The summed E-state index contributed by atoms with van der Waals surface area (Å²) in [7, 11) is 6.05. The Balaban J connectivity index is 2.07. The summed E-state index contributed by atoms with van der Waals surface area (Å²) in [6.45, 7) is 7.58. The highest BCUT2D eigenvalue weighted by Crippen LogP contribution is 2.27. The van der Waals surface area contributed by atoms with Crippen LogP contribution in [-0.4, -0.2) is 35.5 Å². The second kappa shape index (κ2) is 7.81. The van der Waals surface area contributed by atoms with E-state index in [1.807, 2.05) is 57.0 Å². The third-order valence-corrected chi connectivity index (χ3v) is 4.22. The molecule has 0 spiro atoms. The molecule has 0 aliphatic heterocycles. The van der Waals surface area contributed by atoms with Crippen LogP contribution in [0.15, 0.2) is 24.3 Å². The van der Waals surface area contributed by atoms with Gasteiger partial charge in [0, 0.05) is 39.8 Å². The number of benzene rings is 1. The predicted molar refractivity (Wildman–Crippen MR) is 99.5 cm³/mol. The van der Waals surface area contributed by atoms with Crippen molar-refractivity contribution in [1.29, 1.82) is 0 Å². The van der Waals surface area contributed by atoms with Crippen LogP contribution in [0.2, 0.25) is 0 Å². The van der Waals surface area contributed by atoms with Crippen LogP contribution in [0.25, 0.3) is 0 Å². The van der Waals surface area contributed by atoms with Gasteiger partial charge in [0.05, 0.1) is 11.8 Å². The molecule has 1 heterocycles. The van der Waals surface area contributed by atoms with Crippen molar-refractivity contribution in [3.63, 3.8) is 0 Å². The Morgan fingerprint density at radius 2 is 1.83 bits per heavy atom. The van der Waals surface area contributed by atoms with E-state index in [9.17, 15) is 5.11 Å². The molecule has 1 unspecified atom stereocenters. The summed E-state index contributed by atoms with van der Waals surface area (Å²) in [5, 5.41) is 18.4. The second-order valence-electron chi connectivity index (χ2n) is 6.92. The van der Waals surface area contributed by atoms with Crippen molar-refractivity contribution >= 4 is 5.82 Å². The highest BCUT2D eigenvalue weighted by atomic mass is 16.3. The molecule has 0 aliphatic rings. The smallest absolute Gasteiger partial charge is 0.130 e. The maximum Gasteiger partial charge on any atom is 0.130 e. The fourth-order valence-corrected chi connectivity index (χ4v) is 3.01. The summed E-state index contributed by atoms with van der Waals surface area (Å²) < 4.78 is 1.93. The number of aliphatic hydroxyl groups excluding tert-OH is 1. The standard InChI is InChI=1S/C19H30N4O/c1-13(2)18-16(19(22(4)5)23(6)21-18)11-20-12-17(24)15-9-7-14(3)8-10-15/h7-10,13,17,20,24H,11-12H2,1-6H3. The Hall–Kier alpha value is -1.85. The third kappa shape index (κ3) is 4.16. The van der Waals surface area contributed by atoms with Crippen LogP contribution in [0.4, 0.5) is 5.82 Å². The van der Waals surface area contributed by atoms with E-state index in [4.69, 9.17) is 0 Å². The highest BCUT2D eigenvalue weighted by molar-refractivity contribution is 5.50. The van der Waals surface area contributed by atoms with Crippen LogP contribution in [0, 0.1) is 6.92 Å². The largest absolute Gasteiger partial charge is 0.387 e. The minimum Gasteiger partial charge on any atom is -0.387 e. The molecule has 2 rings (SSSR count). The molecule has 0 saturated carbocycles. The van der Waals surface area contributed by atoms with E-state index in [1.54, 1.807) is 0 Å². The average Bonchev–Trinajstić information content (AvgIpc) is 2.85. The number of aromatic nitrogens is 2. The number of nitrogens with one attached hydrogen (secondary N) is 1. The molecule has 1 atom stereocenters. The molecular formula is C19H30N4O. The lowest BCUT2D eigenvalue weighted by atomic mass is 10.0. The zero-order valence-corrected chi connectivity index (χ0v) is 15.7. The van der Waals surface area contributed by atoms with Gasteiger partial charge in [-0.1, -0.05) is 43.7 Å². The van der Waals surface area contributed by atoms with E-state index < -0.39 is 6.10 Å². The van der Waals surface area contributed by atoms with Crippen molar-refractivity contribution in [1.82, 2.24) is 15.1 Å². The van der Waals surface area contributed by atoms with Crippen molar-refractivity contribution in [2.24, 2.45) is 7.05 Å². The van der Waals surface area contributed by atoms with Gasteiger partial charge >= 0.3 is 0 Å². The molecule has 132 valence electrons. The first kappa shape index (κ1) is 18.5. The maximum atomic E-state index is 10.4. The van der Waals surface area contributed by atoms with Crippen LogP contribution in [-0.2, 0) is 13.6 Å². The molecule has 0 fully saturated rings. The summed E-state index contributed by atoms with van der Waals surface area (Å²) in [6.07, 6.45) is -0.507. The molecule has 24 heavy (non-hydrogen) atoms. The van der Waals surface area contributed by atoms with E-state index >= 15 is 0 Å². The summed E-state index contributed by atoms with van der Waals surface area (Å²) in [6, 6.07) is 8.02. The van der Waals surface area contributed by atoms with Crippen molar-refractivity contribution in [2.75, 3.05) is 25.5 Å². The minimum absolute atomic E-state index is 0.365. The summed E-state index contributed by atoms with van der Waals surface area (Å²) >= 11 is 0. The molecule has 1 aromatic heterocycles. The number of anilines is 1. The highest BCUT2D eigenvalue weighted by Gasteiger charge is 2.19. The van der Waals surface area contributed by atoms with Crippen molar-refractivity contribution in [3.05, 3.63) is 46.6 Å². The molecule has 5 heteroatoms. The van der Waals surface area contributed by atoms with Crippen molar-refractivity contribution < 1.29 is 5.11 Å². The molecule has 0 saturated heterocycles. The van der Waals surface area contributed by atoms with Crippen molar-refractivity contribution in [2.45, 2.75) is 39.3 Å². The topological polar surface area (TPSA) is 53.3 Å². The fourth-order valence-electron chi connectivity index (χ4n) is 3.01. The van der Waals surface area contributed by atoms with Crippen LogP contribution in [0.1, 0.15) is 48.3 Å². The van der Waals surface area contributed by atoms with Gasteiger partial charge < -0.3 is 15.3 Å². The molecule has 0 amide bonds. The van der Waals surface area contributed by atoms with Crippen molar-refractivity contribution in [3.8, 4) is 0 Å². The summed E-state index contributed by atoms with van der Waals surface area (Å²) in [4.78, 5) is 2.09. The Bertz CT molecular complexity index is 659. The van der Waals surface area contributed by atoms with E-state index in [1.165, 1.54) is 11.1 Å². The van der Waals surface area contributed by atoms with E-state index in [0.29, 0.717) is 19.0 Å². The quantitative estimate of drug-likeness (QED) is 0.820. The normalized spacial score (nSPS) is 12.7. The Morgan fingerprint density at radius 1 is 1.21 bits per heavy atom. The summed E-state index contributed by atoms with van der Waals surface area (Å²) in [5.74, 6) is 1.47. The molecule has 0 radical (unpaired) electrons. The van der Waals surface area contributed by atoms with Gasteiger partial charge in [-0.25, -0.2) is 0 Å². The third-order valence-electron chi connectivity index (χ3n) is 4.22. The number of hydrogen-bond acceptors (Lipinski definition) is 4. The second-order valence-corrected chi connectivity index (χ2v) is 6.92. The van der Waals surface area contributed by atoms with E-state index in [-0.39, 0.29) is 0 Å². The maximum absolute atomic E-state index is 10.4. The number of nitrogens with zero attached hydrogens (tertiary/aromatic N) is 3. The minimum atomic E-state index is -0.507. The molecule has 2 N–H and O–H groups in total. The lowest BCUT2D eigenvalue weighted by Gasteiger charge is -2.17. The zero-order valence-electron chi connectivity index (χ0n) is 15.7. The van der Waals surface area contributed by atoms with Gasteiger partial charge in [0.2, 0.25) is 0 Å². The SMILES string of the molecule is Cc1ccc(C(O)CNCc2c(C(C)C)nn(C)c2N(C)C)cc1. The first-order chi connectivity index (χ1) is 11.3. The van der Waals surface area contributed by atoms with E-state index in [2.05, 4.69) is 29.2 Å². The zero-order chi connectivity index (χ0) is 17.9. The Kier molecular flexibility index (Phi) is 6.02. The number of rotatable bonds is 7. The summed E-state index contributed by atoms with van der Waals surface area (Å²) in [5.41, 5.74) is 4.45. The molecule has 0 aliphatic carbocycles. The molecule has 0 bridgehead atoms. The Morgan fingerprint density at radius 3 is 2.38 bits per heavy atom. The molecular weight excluding hydrogens is 300 g/mol. The number of hydrogen-bond donors (Lipinski definition) is 2. The molecule has 5 nitrogen and oxygen atoms in total. The van der Waals surface area contributed by atoms with E-state index in [0.717, 1.165) is 17.1 Å². The lowest BCUT2D eigenvalue weighted by molar-refractivity contribution is 0.174. The molecule has 1 aromatic carbocycles.